The van der Waals surface area contributed by atoms with Gasteiger partial charge < -0.3 is 10.1 Å². The van der Waals surface area contributed by atoms with E-state index in [1.165, 1.54) is 11.1 Å². The van der Waals surface area contributed by atoms with Gasteiger partial charge in [-0.25, -0.2) is 0 Å². The van der Waals surface area contributed by atoms with Crippen LogP contribution in [0.5, 0.6) is 5.75 Å². The summed E-state index contributed by atoms with van der Waals surface area (Å²) in [5.74, 6) is 1.12. The zero-order chi connectivity index (χ0) is 19.2. The van der Waals surface area contributed by atoms with Crippen molar-refractivity contribution < 1.29 is 9.53 Å². The monoisotopic (exact) mass is 366 g/mol. The lowest BCUT2D eigenvalue weighted by molar-refractivity contribution is -0.127. The first kappa shape index (κ1) is 19.4. The lowest BCUT2D eigenvalue weighted by Crippen LogP contribution is -2.40. The summed E-state index contributed by atoms with van der Waals surface area (Å²) in [6.07, 6.45) is 1.85. The standard InChI is InChI=1S/C23H30N2O2/c1-17-5-4-6-19(15-17)16-25-13-11-21(12-14-25)23(26)24-18(2)20-7-9-22(27-3)10-8-20/h4-10,15,18,21H,11-14,16H2,1-3H3,(H,24,26)/t18-/m0/s1. The highest BCUT2D eigenvalue weighted by Gasteiger charge is 2.26. The Labute approximate surface area is 162 Å². The number of nitrogens with zero attached hydrogens (tertiary/aromatic N) is 1. The van der Waals surface area contributed by atoms with E-state index in [2.05, 4.69) is 41.4 Å². The first-order chi connectivity index (χ1) is 13.0. The van der Waals surface area contributed by atoms with Crippen LogP contribution in [0, 0.1) is 12.8 Å². The van der Waals surface area contributed by atoms with Gasteiger partial charge in [-0.05, 0) is 63.0 Å². The molecule has 144 valence electrons. The van der Waals surface area contributed by atoms with Gasteiger partial charge in [-0.15, -0.1) is 0 Å². The second-order valence-corrected chi connectivity index (χ2v) is 7.54. The number of piperidine rings is 1. The fourth-order valence-electron chi connectivity index (χ4n) is 3.73. The zero-order valence-electron chi connectivity index (χ0n) is 16.6. The maximum Gasteiger partial charge on any atom is 0.223 e. The van der Waals surface area contributed by atoms with Crippen LogP contribution in [0.2, 0.25) is 0 Å². The summed E-state index contributed by atoms with van der Waals surface area (Å²) >= 11 is 0. The molecule has 4 nitrogen and oxygen atoms in total. The molecule has 1 aliphatic heterocycles. The van der Waals surface area contributed by atoms with Gasteiger partial charge in [0.15, 0.2) is 0 Å². The van der Waals surface area contributed by atoms with Crippen LogP contribution in [0.1, 0.15) is 42.5 Å². The third-order valence-electron chi connectivity index (χ3n) is 5.42. The van der Waals surface area contributed by atoms with Gasteiger partial charge in [0, 0.05) is 12.5 Å². The normalized spacial score (nSPS) is 16.7. The van der Waals surface area contributed by atoms with Crippen molar-refractivity contribution in [2.45, 2.75) is 39.3 Å². The summed E-state index contributed by atoms with van der Waals surface area (Å²) in [4.78, 5) is 15.1. The van der Waals surface area contributed by atoms with Gasteiger partial charge in [-0.2, -0.15) is 0 Å². The number of carbonyl (C=O) groups excluding carboxylic acids is 1. The summed E-state index contributed by atoms with van der Waals surface area (Å²) in [5, 5.41) is 3.18. The van der Waals surface area contributed by atoms with Crippen molar-refractivity contribution in [3.63, 3.8) is 0 Å². The number of benzene rings is 2. The summed E-state index contributed by atoms with van der Waals surface area (Å²) in [7, 11) is 1.66. The van der Waals surface area contributed by atoms with E-state index in [0.717, 1.165) is 43.8 Å². The molecule has 2 aromatic carbocycles. The number of amides is 1. The first-order valence-corrected chi connectivity index (χ1v) is 9.77. The van der Waals surface area contributed by atoms with Gasteiger partial charge in [0.1, 0.15) is 5.75 Å². The summed E-state index contributed by atoms with van der Waals surface area (Å²) in [6, 6.07) is 16.6. The van der Waals surface area contributed by atoms with E-state index in [1.54, 1.807) is 7.11 Å². The Morgan fingerprint density at radius 1 is 1.19 bits per heavy atom. The fourth-order valence-corrected chi connectivity index (χ4v) is 3.73. The molecule has 1 heterocycles. The highest BCUT2D eigenvalue weighted by Crippen LogP contribution is 2.22. The van der Waals surface area contributed by atoms with E-state index >= 15 is 0 Å². The molecule has 0 bridgehead atoms. The van der Waals surface area contributed by atoms with E-state index in [4.69, 9.17) is 4.74 Å². The predicted molar refractivity (Wildman–Crippen MR) is 109 cm³/mol. The minimum atomic E-state index is 0.00808. The highest BCUT2D eigenvalue weighted by atomic mass is 16.5. The molecule has 1 atom stereocenters. The molecule has 0 unspecified atom stereocenters. The minimum Gasteiger partial charge on any atom is -0.497 e. The molecule has 0 spiro atoms. The van der Waals surface area contributed by atoms with Crippen molar-refractivity contribution >= 4 is 5.91 Å². The van der Waals surface area contributed by atoms with Crippen LogP contribution in [-0.4, -0.2) is 31.0 Å². The molecule has 0 aromatic heterocycles. The molecule has 0 radical (unpaired) electrons. The summed E-state index contributed by atoms with van der Waals surface area (Å²) in [6.45, 7) is 7.08. The lowest BCUT2D eigenvalue weighted by Gasteiger charge is -2.32. The van der Waals surface area contributed by atoms with E-state index in [9.17, 15) is 4.79 Å². The van der Waals surface area contributed by atoms with E-state index in [1.807, 2.05) is 31.2 Å². The largest absolute Gasteiger partial charge is 0.497 e. The molecule has 1 amide bonds. The number of ether oxygens (including phenoxy) is 1. The zero-order valence-corrected chi connectivity index (χ0v) is 16.6. The number of hydrogen-bond acceptors (Lipinski definition) is 3. The third kappa shape index (κ3) is 5.33. The Balaban J connectivity index is 1.47. The number of methoxy groups -OCH3 is 1. The van der Waals surface area contributed by atoms with E-state index in [0.29, 0.717) is 0 Å². The molecule has 1 fully saturated rings. The summed E-state index contributed by atoms with van der Waals surface area (Å²) < 4.78 is 5.19. The number of likely N-dealkylation sites (tertiary alicyclic amines) is 1. The maximum atomic E-state index is 12.7. The lowest BCUT2D eigenvalue weighted by atomic mass is 9.94. The second kappa shape index (κ2) is 9.05. The molecule has 0 aliphatic carbocycles. The van der Waals surface area contributed by atoms with Crippen molar-refractivity contribution in [2.75, 3.05) is 20.2 Å². The molecule has 4 heteroatoms. The van der Waals surface area contributed by atoms with E-state index in [-0.39, 0.29) is 17.9 Å². The fraction of sp³-hybridized carbons (Fsp3) is 0.435. The predicted octanol–water partition coefficient (Wildman–Crippen LogP) is 4.09. The molecular formula is C23H30N2O2. The number of carbonyl (C=O) groups is 1. The topological polar surface area (TPSA) is 41.6 Å². The molecule has 0 saturated carbocycles. The minimum absolute atomic E-state index is 0.00808. The second-order valence-electron chi connectivity index (χ2n) is 7.54. The number of aryl methyl sites for hydroxylation is 1. The van der Waals surface area contributed by atoms with Crippen molar-refractivity contribution in [3.05, 3.63) is 65.2 Å². The van der Waals surface area contributed by atoms with Gasteiger partial charge in [0.05, 0.1) is 13.2 Å². The van der Waals surface area contributed by atoms with Gasteiger partial charge in [0.25, 0.3) is 0 Å². The number of rotatable bonds is 6. The van der Waals surface area contributed by atoms with Crippen molar-refractivity contribution in [2.24, 2.45) is 5.92 Å². The Kier molecular flexibility index (Phi) is 6.51. The van der Waals surface area contributed by atoms with Crippen molar-refractivity contribution in [1.29, 1.82) is 0 Å². The van der Waals surface area contributed by atoms with Crippen LogP contribution in [0.4, 0.5) is 0 Å². The van der Waals surface area contributed by atoms with Crippen LogP contribution in [0.25, 0.3) is 0 Å². The number of nitrogens with one attached hydrogen (secondary N) is 1. The molecule has 3 rings (SSSR count). The quantitative estimate of drug-likeness (QED) is 0.837. The molecule has 2 aromatic rings. The van der Waals surface area contributed by atoms with Crippen LogP contribution >= 0.6 is 0 Å². The molecule has 1 saturated heterocycles. The SMILES string of the molecule is COc1ccc([C@H](C)NC(=O)C2CCN(Cc3cccc(C)c3)CC2)cc1. The van der Waals surface area contributed by atoms with Crippen LogP contribution < -0.4 is 10.1 Å². The van der Waals surface area contributed by atoms with Crippen molar-refractivity contribution in [3.8, 4) is 5.75 Å². The van der Waals surface area contributed by atoms with Gasteiger partial charge in [0.2, 0.25) is 5.91 Å². The van der Waals surface area contributed by atoms with Gasteiger partial charge >= 0.3 is 0 Å². The van der Waals surface area contributed by atoms with E-state index < -0.39 is 0 Å². The average Bonchev–Trinajstić information content (AvgIpc) is 2.68. The number of hydrogen-bond donors (Lipinski definition) is 1. The maximum absolute atomic E-state index is 12.7. The Morgan fingerprint density at radius 2 is 1.89 bits per heavy atom. The molecule has 1 N–H and O–H groups in total. The summed E-state index contributed by atoms with van der Waals surface area (Å²) in [5.41, 5.74) is 3.75. The third-order valence-corrected chi connectivity index (χ3v) is 5.42. The van der Waals surface area contributed by atoms with Crippen LogP contribution in [0.3, 0.4) is 0 Å². The average molecular weight is 367 g/mol. The Hall–Kier alpha value is -2.33. The Morgan fingerprint density at radius 3 is 2.52 bits per heavy atom. The highest BCUT2D eigenvalue weighted by molar-refractivity contribution is 5.79. The first-order valence-electron chi connectivity index (χ1n) is 9.77. The smallest absolute Gasteiger partial charge is 0.223 e. The molecular weight excluding hydrogens is 336 g/mol. The molecule has 1 aliphatic rings. The molecule has 27 heavy (non-hydrogen) atoms. The van der Waals surface area contributed by atoms with Crippen LogP contribution in [0.15, 0.2) is 48.5 Å². The van der Waals surface area contributed by atoms with Crippen LogP contribution in [-0.2, 0) is 11.3 Å². The van der Waals surface area contributed by atoms with Gasteiger partial charge in [-0.1, -0.05) is 42.0 Å². The van der Waals surface area contributed by atoms with Gasteiger partial charge in [-0.3, -0.25) is 9.69 Å². The van der Waals surface area contributed by atoms with Crippen molar-refractivity contribution in [1.82, 2.24) is 10.2 Å². The Bertz CT molecular complexity index is 749.